The number of carbonyl (C=O) groups excluding carboxylic acids is 1. The number of nitrogens with zero attached hydrogens (tertiary/aromatic N) is 1. The summed E-state index contributed by atoms with van der Waals surface area (Å²) in [4.78, 5) is 22.9. The molecule has 0 saturated carbocycles. The number of nitrogens with two attached hydrogens (primary N) is 1. The lowest BCUT2D eigenvalue weighted by Crippen LogP contribution is -2.12. The molecule has 0 amide bonds. The third kappa shape index (κ3) is 5.96. The summed E-state index contributed by atoms with van der Waals surface area (Å²) in [5.41, 5.74) is 7.61. The molecule has 5 N–H and O–H groups in total. The van der Waals surface area contributed by atoms with E-state index in [9.17, 15) is 4.79 Å². The normalized spacial score (nSPS) is 9.86. The first-order valence-electron chi connectivity index (χ1n) is 8.47. The average molecular weight is 395 g/mol. The lowest BCUT2D eigenvalue weighted by atomic mass is 10.1. The van der Waals surface area contributed by atoms with Crippen LogP contribution in [-0.4, -0.2) is 42.3 Å². The minimum atomic E-state index is -1.83. The van der Waals surface area contributed by atoms with Gasteiger partial charge >= 0.3 is 12.1 Å². The highest BCUT2D eigenvalue weighted by atomic mass is 16.6. The first kappa shape index (κ1) is 21.2. The number of carboxylic acid groups (broad SMARTS) is 2. The molecule has 3 aromatic rings. The Bertz CT molecular complexity index is 1060. The summed E-state index contributed by atoms with van der Waals surface area (Å²) < 4.78 is 5.50. The fraction of sp³-hybridized carbons (Fsp3) is 0.0952. The van der Waals surface area contributed by atoms with E-state index in [1.807, 2.05) is 49.3 Å². The van der Waals surface area contributed by atoms with Gasteiger partial charge in [0, 0.05) is 25.3 Å². The number of nitrogen functional groups attached to an aromatic ring is 1. The first-order chi connectivity index (χ1) is 13.7. The quantitative estimate of drug-likeness (QED) is 0.229. The summed E-state index contributed by atoms with van der Waals surface area (Å²) in [5, 5.41) is 23.3. The van der Waals surface area contributed by atoms with Crippen LogP contribution in [0, 0.1) is 5.41 Å². The van der Waals surface area contributed by atoms with Crippen molar-refractivity contribution in [2.75, 3.05) is 19.0 Å². The molecule has 0 bridgehead atoms. The lowest BCUT2D eigenvalue weighted by molar-refractivity contribution is 0.0735. The number of fused-ring (bicyclic) bond motifs is 1. The van der Waals surface area contributed by atoms with Crippen LogP contribution in [0.25, 0.3) is 10.8 Å². The van der Waals surface area contributed by atoms with Gasteiger partial charge in [0.05, 0.1) is 5.56 Å². The lowest BCUT2D eigenvalue weighted by Gasteiger charge is -2.13. The van der Waals surface area contributed by atoms with Crippen molar-refractivity contribution in [3.8, 4) is 5.75 Å². The van der Waals surface area contributed by atoms with Gasteiger partial charge in [0.25, 0.3) is 0 Å². The number of carbonyl (C=O) groups is 2. The molecule has 0 atom stereocenters. The zero-order chi connectivity index (χ0) is 21.6. The van der Waals surface area contributed by atoms with E-state index in [2.05, 4.69) is 0 Å². The minimum absolute atomic E-state index is 0.0261. The van der Waals surface area contributed by atoms with E-state index in [1.54, 1.807) is 30.3 Å². The van der Waals surface area contributed by atoms with Crippen molar-refractivity contribution in [2.24, 2.45) is 5.73 Å². The maximum Gasteiger partial charge on any atom is 0.503 e. The number of esters is 1. The maximum atomic E-state index is 12.4. The molecule has 0 radical (unpaired) electrons. The Morgan fingerprint density at radius 1 is 0.931 bits per heavy atom. The van der Waals surface area contributed by atoms with Gasteiger partial charge in [0.1, 0.15) is 11.6 Å². The maximum absolute atomic E-state index is 12.4. The van der Waals surface area contributed by atoms with Gasteiger partial charge < -0.3 is 25.6 Å². The largest absolute Gasteiger partial charge is 0.503 e. The van der Waals surface area contributed by atoms with E-state index in [4.69, 9.17) is 30.9 Å². The zero-order valence-corrected chi connectivity index (χ0v) is 15.9. The van der Waals surface area contributed by atoms with Crippen LogP contribution in [0.5, 0.6) is 5.75 Å². The van der Waals surface area contributed by atoms with Crippen molar-refractivity contribution in [1.82, 2.24) is 0 Å². The molecule has 0 heterocycles. The Balaban J connectivity index is 0.000000687. The smallest absolute Gasteiger partial charge is 0.450 e. The van der Waals surface area contributed by atoms with Gasteiger partial charge in [-0.15, -0.1) is 0 Å². The van der Waals surface area contributed by atoms with E-state index < -0.39 is 12.1 Å². The third-order valence-corrected chi connectivity index (χ3v) is 3.93. The molecular formula is C21H21N3O5. The van der Waals surface area contributed by atoms with Gasteiger partial charge in [-0.1, -0.05) is 24.3 Å². The fourth-order valence-electron chi connectivity index (χ4n) is 2.53. The van der Waals surface area contributed by atoms with Crippen LogP contribution in [0.15, 0.2) is 60.7 Å². The Kier molecular flexibility index (Phi) is 6.75. The molecule has 3 aromatic carbocycles. The summed E-state index contributed by atoms with van der Waals surface area (Å²) in [5.74, 6) is 0.102. The third-order valence-electron chi connectivity index (χ3n) is 3.93. The van der Waals surface area contributed by atoms with E-state index >= 15 is 0 Å². The number of hydrogen-bond donors (Lipinski definition) is 4. The molecule has 0 aliphatic heterocycles. The Labute approximate surface area is 167 Å². The van der Waals surface area contributed by atoms with Gasteiger partial charge in [0.15, 0.2) is 0 Å². The molecule has 29 heavy (non-hydrogen) atoms. The molecule has 150 valence electrons. The average Bonchev–Trinajstić information content (AvgIpc) is 2.67. The van der Waals surface area contributed by atoms with E-state index in [1.165, 1.54) is 0 Å². The summed E-state index contributed by atoms with van der Waals surface area (Å²) in [6, 6.07) is 18.1. The number of hydrogen-bond acceptors (Lipinski definition) is 5. The first-order valence-corrected chi connectivity index (χ1v) is 8.47. The predicted octanol–water partition coefficient (Wildman–Crippen LogP) is 3.63. The van der Waals surface area contributed by atoms with Gasteiger partial charge in [0.2, 0.25) is 0 Å². The monoisotopic (exact) mass is 395 g/mol. The molecule has 3 rings (SSSR count). The molecular weight excluding hydrogens is 374 g/mol. The summed E-state index contributed by atoms with van der Waals surface area (Å²) in [6.07, 6.45) is -1.83. The minimum Gasteiger partial charge on any atom is -0.450 e. The summed E-state index contributed by atoms with van der Waals surface area (Å²) in [6.45, 7) is 0. The van der Waals surface area contributed by atoms with Crippen LogP contribution < -0.4 is 15.4 Å². The molecule has 0 aromatic heterocycles. The molecule has 0 fully saturated rings. The SMILES string of the molecule is CN(C)c1cccc(C(=O)Oc2ccc3cc(C(=N)N)ccc3c2)c1.O=C(O)O. The van der Waals surface area contributed by atoms with Crippen LogP contribution >= 0.6 is 0 Å². The van der Waals surface area contributed by atoms with Crippen LogP contribution in [0.2, 0.25) is 0 Å². The van der Waals surface area contributed by atoms with Crippen molar-refractivity contribution < 1.29 is 24.5 Å². The van der Waals surface area contributed by atoms with Crippen LogP contribution in [0.3, 0.4) is 0 Å². The van der Waals surface area contributed by atoms with Crippen molar-refractivity contribution in [1.29, 1.82) is 5.41 Å². The van der Waals surface area contributed by atoms with E-state index in [0.29, 0.717) is 16.9 Å². The van der Waals surface area contributed by atoms with Gasteiger partial charge in [-0.3, -0.25) is 5.41 Å². The highest BCUT2D eigenvalue weighted by Gasteiger charge is 2.10. The second kappa shape index (κ2) is 9.23. The number of nitrogens with one attached hydrogen (secondary N) is 1. The topological polar surface area (TPSA) is 137 Å². The predicted molar refractivity (Wildman–Crippen MR) is 111 cm³/mol. The molecule has 0 unspecified atom stereocenters. The number of anilines is 1. The van der Waals surface area contributed by atoms with Gasteiger partial charge in [-0.25, -0.2) is 9.59 Å². The number of amidine groups is 1. The standard InChI is InChI=1S/C20H19N3O2.CH2O3/c1-23(2)17-5-3-4-16(11-17)20(24)25-18-9-8-13-10-15(19(21)22)7-6-14(13)12-18;2-1(3)4/h3-12H,1-2H3,(H3,21,22);(H2,2,3,4). The zero-order valence-electron chi connectivity index (χ0n) is 15.9. The second-order valence-corrected chi connectivity index (χ2v) is 6.25. The highest BCUT2D eigenvalue weighted by Crippen LogP contribution is 2.23. The van der Waals surface area contributed by atoms with E-state index in [-0.39, 0.29) is 5.84 Å². The van der Waals surface area contributed by atoms with Crippen LogP contribution in [0.4, 0.5) is 10.5 Å². The summed E-state index contributed by atoms with van der Waals surface area (Å²) in [7, 11) is 3.84. The van der Waals surface area contributed by atoms with Gasteiger partial charge in [-0.2, -0.15) is 0 Å². The van der Waals surface area contributed by atoms with Gasteiger partial charge in [-0.05, 0) is 47.2 Å². The van der Waals surface area contributed by atoms with Crippen molar-refractivity contribution in [3.63, 3.8) is 0 Å². The summed E-state index contributed by atoms with van der Waals surface area (Å²) >= 11 is 0. The molecule has 0 aliphatic carbocycles. The Hall–Kier alpha value is -4.07. The molecule has 0 saturated heterocycles. The number of benzene rings is 3. The fourth-order valence-corrected chi connectivity index (χ4v) is 2.53. The molecule has 8 heteroatoms. The Morgan fingerprint density at radius 2 is 1.55 bits per heavy atom. The molecule has 8 nitrogen and oxygen atoms in total. The van der Waals surface area contributed by atoms with Crippen molar-refractivity contribution >= 4 is 34.4 Å². The molecule has 0 aliphatic rings. The molecule has 0 spiro atoms. The van der Waals surface area contributed by atoms with Crippen LogP contribution in [-0.2, 0) is 0 Å². The second-order valence-electron chi connectivity index (χ2n) is 6.25. The Morgan fingerprint density at radius 3 is 2.17 bits per heavy atom. The highest BCUT2D eigenvalue weighted by molar-refractivity contribution is 5.99. The number of rotatable bonds is 4. The van der Waals surface area contributed by atoms with E-state index in [0.717, 1.165) is 16.5 Å². The van der Waals surface area contributed by atoms with Crippen LogP contribution in [0.1, 0.15) is 15.9 Å². The van der Waals surface area contributed by atoms with Crippen molar-refractivity contribution in [2.45, 2.75) is 0 Å². The number of ether oxygens (including phenoxy) is 1. The van der Waals surface area contributed by atoms with Crippen molar-refractivity contribution in [3.05, 3.63) is 71.8 Å².